The number of carbonyl (C=O) groups is 1. The largest absolute Gasteiger partial charge is 0.449 e. The molecule has 0 aliphatic heterocycles. The van der Waals surface area contributed by atoms with Crippen molar-refractivity contribution in [3.05, 3.63) is 21.9 Å². The van der Waals surface area contributed by atoms with Crippen LogP contribution in [-0.2, 0) is 11.3 Å². The summed E-state index contributed by atoms with van der Waals surface area (Å²) in [4.78, 5) is 12.4. The lowest BCUT2D eigenvalue weighted by atomic mass is 10.2. The van der Waals surface area contributed by atoms with E-state index in [4.69, 9.17) is 9.84 Å². The van der Waals surface area contributed by atoms with Gasteiger partial charge in [-0.1, -0.05) is 25.7 Å². The van der Waals surface area contributed by atoms with Crippen molar-refractivity contribution in [3.8, 4) is 11.8 Å². The fraction of sp³-hybridized carbons (Fsp3) is 0.500. The molecule has 4 nitrogen and oxygen atoms in total. The molecule has 1 amide bonds. The molecule has 0 atom stereocenters. The number of aliphatic hydroxyl groups excluding tert-OH is 1. The molecule has 1 rings (SSSR count). The van der Waals surface area contributed by atoms with Gasteiger partial charge in [0.25, 0.3) is 0 Å². The molecule has 0 bridgehead atoms. The van der Waals surface area contributed by atoms with Crippen LogP contribution in [0.5, 0.6) is 0 Å². The van der Waals surface area contributed by atoms with E-state index in [1.807, 2.05) is 25.3 Å². The summed E-state index contributed by atoms with van der Waals surface area (Å²) in [7, 11) is 0. The van der Waals surface area contributed by atoms with Crippen LogP contribution in [0, 0.1) is 17.8 Å². The van der Waals surface area contributed by atoms with Crippen LogP contribution >= 0.6 is 11.3 Å². The van der Waals surface area contributed by atoms with Gasteiger partial charge < -0.3 is 15.2 Å². The second kappa shape index (κ2) is 8.57. The Morgan fingerprint density at radius 3 is 3.05 bits per heavy atom. The zero-order valence-electron chi connectivity index (χ0n) is 11.2. The van der Waals surface area contributed by atoms with Crippen LogP contribution in [0.2, 0.25) is 0 Å². The van der Waals surface area contributed by atoms with Gasteiger partial charge in [-0.05, 0) is 12.0 Å². The van der Waals surface area contributed by atoms with Crippen LogP contribution < -0.4 is 5.32 Å². The molecule has 0 saturated carbocycles. The molecule has 1 heterocycles. The maximum Gasteiger partial charge on any atom is 0.407 e. The third-order valence-electron chi connectivity index (χ3n) is 2.08. The standard InChI is InChI=1S/C14H19NO3S/c1-11(2)9-18-14(17)15-8-13-7-12(10-19-13)5-3-4-6-16/h7,10-11,16H,4,6,8-9H2,1-2H3,(H,15,17). The molecular weight excluding hydrogens is 262 g/mol. The number of hydrogen-bond acceptors (Lipinski definition) is 4. The Labute approximate surface area is 117 Å². The van der Waals surface area contributed by atoms with E-state index in [1.165, 1.54) is 11.3 Å². The fourth-order valence-electron chi connectivity index (χ4n) is 1.21. The molecule has 0 aliphatic carbocycles. The normalized spacial score (nSPS) is 9.89. The van der Waals surface area contributed by atoms with Crippen LogP contribution in [0.4, 0.5) is 4.79 Å². The van der Waals surface area contributed by atoms with Gasteiger partial charge in [0.15, 0.2) is 0 Å². The quantitative estimate of drug-likeness (QED) is 0.815. The van der Waals surface area contributed by atoms with Crippen molar-refractivity contribution in [1.29, 1.82) is 0 Å². The van der Waals surface area contributed by atoms with E-state index in [0.29, 0.717) is 25.5 Å². The van der Waals surface area contributed by atoms with E-state index in [2.05, 4.69) is 17.2 Å². The van der Waals surface area contributed by atoms with E-state index in [1.54, 1.807) is 0 Å². The molecule has 104 valence electrons. The first-order valence-corrected chi connectivity index (χ1v) is 7.07. The third kappa shape index (κ3) is 6.85. The summed E-state index contributed by atoms with van der Waals surface area (Å²) < 4.78 is 5.01. The van der Waals surface area contributed by atoms with Crippen LogP contribution in [0.1, 0.15) is 30.7 Å². The smallest absolute Gasteiger partial charge is 0.407 e. The lowest BCUT2D eigenvalue weighted by Gasteiger charge is -2.07. The predicted molar refractivity (Wildman–Crippen MR) is 75.9 cm³/mol. The van der Waals surface area contributed by atoms with Gasteiger partial charge in [0.05, 0.1) is 19.8 Å². The Morgan fingerprint density at radius 1 is 1.58 bits per heavy atom. The van der Waals surface area contributed by atoms with Crippen molar-refractivity contribution in [2.24, 2.45) is 5.92 Å². The van der Waals surface area contributed by atoms with E-state index in [0.717, 1.165) is 10.4 Å². The van der Waals surface area contributed by atoms with Crippen LogP contribution in [0.25, 0.3) is 0 Å². The summed E-state index contributed by atoms with van der Waals surface area (Å²) in [6.07, 6.45) is 0.0836. The molecule has 0 fully saturated rings. The van der Waals surface area contributed by atoms with Crippen molar-refractivity contribution < 1.29 is 14.6 Å². The van der Waals surface area contributed by atoms with Gasteiger partial charge in [-0.25, -0.2) is 4.79 Å². The van der Waals surface area contributed by atoms with Crippen molar-refractivity contribution in [2.45, 2.75) is 26.8 Å². The number of ether oxygens (including phenoxy) is 1. The molecule has 5 heteroatoms. The van der Waals surface area contributed by atoms with Crippen LogP contribution in [0.15, 0.2) is 11.4 Å². The number of alkyl carbamates (subject to hydrolysis) is 1. The van der Waals surface area contributed by atoms with E-state index in [9.17, 15) is 4.79 Å². The average molecular weight is 281 g/mol. The minimum Gasteiger partial charge on any atom is -0.449 e. The maximum atomic E-state index is 11.4. The number of amides is 1. The topological polar surface area (TPSA) is 58.6 Å². The first kappa shape index (κ1) is 15.5. The van der Waals surface area contributed by atoms with E-state index >= 15 is 0 Å². The molecule has 0 radical (unpaired) electrons. The molecule has 2 N–H and O–H groups in total. The Hall–Kier alpha value is -1.51. The Balaban J connectivity index is 2.34. The molecule has 19 heavy (non-hydrogen) atoms. The Morgan fingerprint density at radius 2 is 2.37 bits per heavy atom. The van der Waals surface area contributed by atoms with Gasteiger partial charge in [0, 0.05) is 22.2 Å². The van der Waals surface area contributed by atoms with Gasteiger partial charge in [-0.3, -0.25) is 0 Å². The fourth-order valence-corrected chi connectivity index (χ4v) is 1.97. The highest BCUT2D eigenvalue weighted by atomic mass is 32.1. The van der Waals surface area contributed by atoms with Crippen molar-refractivity contribution >= 4 is 17.4 Å². The van der Waals surface area contributed by atoms with E-state index in [-0.39, 0.29) is 6.61 Å². The van der Waals surface area contributed by atoms with Gasteiger partial charge in [0.2, 0.25) is 0 Å². The first-order chi connectivity index (χ1) is 9.11. The average Bonchev–Trinajstić information content (AvgIpc) is 2.82. The number of rotatable bonds is 5. The molecular formula is C14H19NO3S. The zero-order chi connectivity index (χ0) is 14.1. The van der Waals surface area contributed by atoms with Crippen LogP contribution in [-0.4, -0.2) is 24.4 Å². The SMILES string of the molecule is CC(C)COC(=O)NCc1cc(C#CCCO)cs1. The molecule has 1 aromatic rings. The number of hydrogen-bond donors (Lipinski definition) is 2. The number of thiophene rings is 1. The molecule has 1 aromatic heterocycles. The van der Waals surface area contributed by atoms with Crippen LogP contribution in [0.3, 0.4) is 0 Å². The van der Waals surface area contributed by atoms with Gasteiger partial charge in [-0.2, -0.15) is 0 Å². The monoisotopic (exact) mass is 281 g/mol. The second-order valence-electron chi connectivity index (χ2n) is 4.42. The van der Waals surface area contributed by atoms with Crippen molar-refractivity contribution in [3.63, 3.8) is 0 Å². The molecule has 0 aromatic carbocycles. The number of nitrogens with one attached hydrogen (secondary N) is 1. The van der Waals surface area contributed by atoms with Gasteiger partial charge in [0.1, 0.15) is 0 Å². The number of carbonyl (C=O) groups excluding carboxylic acids is 1. The lowest BCUT2D eigenvalue weighted by molar-refractivity contribution is 0.132. The third-order valence-corrected chi connectivity index (χ3v) is 3.01. The summed E-state index contributed by atoms with van der Waals surface area (Å²) in [6.45, 7) is 4.93. The van der Waals surface area contributed by atoms with Gasteiger partial charge >= 0.3 is 6.09 Å². The molecule has 0 saturated heterocycles. The predicted octanol–water partition coefficient (Wildman–Crippen LogP) is 2.36. The summed E-state index contributed by atoms with van der Waals surface area (Å²) in [6, 6.07) is 1.93. The minimum absolute atomic E-state index is 0.0766. The highest BCUT2D eigenvalue weighted by Crippen LogP contribution is 2.13. The van der Waals surface area contributed by atoms with Gasteiger partial charge in [-0.15, -0.1) is 11.3 Å². The molecule has 0 spiro atoms. The highest BCUT2D eigenvalue weighted by molar-refractivity contribution is 7.10. The Kier molecular flexibility index (Phi) is 7.01. The van der Waals surface area contributed by atoms with Crippen molar-refractivity contribution in [2.75, 3.05) is 13.2 Å². The maximum absolute atomic E-state index is 11.4. The summed E-state index contributed by atoms with van der Waals surface area (Å²) >= 11 is 1.54. The van der Waals surface area contributed by atoms with Crippen molar-refractivity contribution in [1.82, 2.24) is 5.32 Å². The Bertz CT molecular complexity index is 457. The second-order valence-corrected chi connectivity index (χ2v) is 5.42. The number of aliphatic hydroxyl groups is 1. The summed E-state index contributed by atoms with van der Waals surface area (Å²) in [5.74, 6) is 6.14. The molecule has 0 aliphatic rings. The molecule has 0 unspecified atom stereocenters. The summed E-state index contributed by atoms with van der Waals surface area (Å²) in [5.41, 5.74) is 0.908. The lowest BCUT2D eigenvalue weighted by Crippen LogP contribution is -2.24. The summed E-state index contributed by atoms with van der Waals surface area (Å²) in [5, 5.41) is 13.3. The van der Waals surface area contributed by atoms with E-state index < -0.39 is 6.09 Å². The minimum atomic E-state index is -0.394. The highest BCUT2D eigenvalue weighted by Gasteiger charge is 2.04. The first-order valence-electron chi connectivity index (χ1n) is 6.19. The zero-order valence-corrected chi connectivity index (χ0v) is 12.0.